The molecule has 4 rings (SSSR count). The fourth-order valence-electron chi connectivity index (χ4n) is 3.15. The quantitative estimate of drug-likeness (QED) is 0.523. The molecule has 1 aliphatic carbocycles. The maximum atomic E-state index is 13.2. The summed E-state index contributed by atoms with van der Waals surface area (Å²) >= 11 is 0. The Morgan fingerprint density at radius 1 is 1.20 bits per heavy atom. The summed E-state index contributed by atoms with van der Waals surface area (Å²) < 4.78 is 6.04. The van der Waals surface area contributed by atoms with Crippen molar-refractivity contribution in [2.45, 2.75) is 25.8 Å². The van der Waals surface area contributed by atoms with Crippen molar-refractivity contribution in [2.75, 3.05) is 7.11 Å². The lowest BCUT2D eigenvalue weighted by atomic mass is 10.1. The Morgan fingerprint density at radius 3 is 2.73 bits per heavy atom. The third-order valence-corrected chi connectivity index (χ3v) is 5.04. The van der Waals surface area contributed by atoms with Gasteiger partial charge >= 0.3 is 5.97 Å². The molecular weight excluding hydrogens is 382 g/mol. The molecule has 1 aliphatic rings. The van der Waals surface area contributed by atoms with Gasteiger partial charge in [-0.1, -0.05) is 12.1 Å². The minimum atomic E-state index is -0.476. The minimum Gasteiger partial charge on any atom is -0.466 e. The molecule has 1 saturated carbocycles. The van der Waals surface area contributed by atoms with Crippen LogP contribution in [0, 0.1) is 6.92 Å². The van der Waals surface area contributed by atoms with Gasteiger partial charge in [0.2, 0.25) is 0 Å². The van der Waals surface area contributed by atoms with Crippen LogP contribution < -0.4 is 10.9 Å². The number of carbonyl (C=O) groups excluding carboxylic acids is 2. The van der Waals surface area contributed by atoms with Crippen molar-refractivity contribution in [3.63, 3.8) is 0 Å². The van der Waals surface area contributed by atoms with Crippen LogP contribution in [-0.4, -0.2) is 34.6 Å². The first-order chi connectivity index (χ1) is 14.5. The molecule has 2 aromatic carbocycles. The van der Waals surface area contributed by atoms with Crippen LogP contribution in [0.5, 0.6) is 0 Å². The first kappa shape index (κ1) is 19.6. The van der Waals surface area contributed by atoms with Gasteiger partial charge in [0, 0.05) is 17.7 Å². The normalized spacial score (nSPS) is 13.5. The fourth-order valence-corrected chi connectivity index (χ4v) is 3.15. The number of esters is 1. The Bertz CT molecular complexity index is 1240. The topological polar surface area (TPSA) is 90.3 Å². The third kappa shape index (κ3) is 4.00. The summed E-state index contributed by atoms with van der Waals surface area (Å²) in [6, 6.07) is 10.7. The molecule has 0 spiro atoms. The van der Waals surface area contributed by atoms with Gasteiger partial charge < -0.3 is 10.1 Å². The standard InChI is InChI=1S/C23H21N3O4/c1-14-3-6-16(22(28)25-17-7-8-17)12-20(14)26-13-24-19-9-4-15(5-10-21(27)30-2)11-18(19)23(26)29/h3-6,9-13,17H,7-8H2,1-2H3,(H,25,28)/b10-5+. The molecule has 1 N–H and O–H groups in total. The van der Waals surface area contributed by atoms with Crippen LogP contribution in [0.3, 0.4) is 0 Å². The molecule has 0 saturated heterocycles. The maximum absolute atomic E-state index is 13.2. The van der Waals surface area contributed by atoms with E-state index in [2.05, 4.69) is 15.0 Å². The highest BCUT2D eigenvalue weighted by Crippen LogP contribution is 2.21. The number of fused-ring (bicyclic) bond motifs is 1. The first-order valence-electron chi connectivity index (χ1n) is 9.65. The van der Waals surface area contributed by atoms with Gasteiger partial charge in [0.1, 0.15) is 6.33 Å². The van der Waals surface area contributed by atoms with Crippen molar-refractivity contribution in [3.05, 3.63) is 75.8 Å². The predicted molar refractivity (Wildman–Crippen MR) is 114 cm³/mol. The summed E-state index contributed by atoms with van der Waals surface area (Å²) in [5.41, 5.74) is 2.93. The van der Waals surface area contributed by atoms with Crippen LogP contribution in [0.25, 0.3) is 22.7 Å². The van der Waals surface area contributed by atoms with Crippen LogP contribution in [-0.2, 0) is 9.53 Å². The van der Waals surface area contributed by atoms with Crippen LogP contribution in [0.1, 0.15) is 34.3 Å². The van der Waals surface area contributed by atoms with E-state index in [9.17, 15) is 14.4 Å². The lowest BCUT2D eigenvalue weighted by Crippen LogP contribution is -2.26. The molecule has 1 heterocycles. The number of hydrogen-bond donors (Lipinski definition) is 1. The van der Waals surface area contributed by atoms with E-state index in [0.29, 0.717) is 27.7 Å². The second-order valence-electron chi connectivity index (χ2n) is 7.30. The Labute approximate surface area is 173 Å². The highest BCUT2D eigenvalue weighted by Gasteiger charge is 2.24. The summed E-state index contributed by atoms with van der Waals surface area (Å²) in [4.78, 5) is 41.3. The lowest BCUT2D eigenvalue weighted by molar-refractivity contribution is -0.134. The van der Waals surface area contributed by atoms with Crippen molar-refractivity contribution in [2.24, 2.45) is 0 Å². The Hall–Kier alpha value is -3.74. The summed E-state index contributed by atoms with van der Waals surface area (Å²) in [5, 5.41) is 3.37. The monoisotopic (exact) mass is 403 g/mol. The molecule has 7 heteroatoms. The Balaban J connectivity index is 1.76. The minimum absolute atomic E-state index is 0.143. The molecule has 0 bridgehead atoms. The number of aryl methyl sites for hydroxylation is 1. The highest BCUT2D eigenvalue weighted by atomic mass is 16.5. The molecule has 1 amide bonds. The molecule has 7 nitrogen and oxygen atoms in total. The molecule has 0 aliphatic heterocycles. The van der Waals surface area contributed by atoms with Crippen LogP contribution in [0.2, 0.25) is 0 Å². The molecular formula is C23H21N3O4. The number of methoxy groups -OCH3 is 1. The van der Waals surface area contributed by atoms with Crippen molar-refractivity contribution < 1.29 is 14.3 Å². The number of ether oxygens (including phenoxy) is 1. The van der Waals surface area contributed by atoms with Crippen molar-refractivity contribution in [3.8, 4) is 5.69 Å². The second kappa shape index (κ2) is 7.94. The number of aromatic nitrogens is 2. The molecule has 152 valence electrons. The fraction of sp³-hybridized carbons (Fsp3) is 0.217. The van der Waals surface area contributed by atoms with Crippen LogP contribution in [0.15, 0.2) is 53.6 Å². The second-order valence-corrected chi connectivity index (χ2v) is 7.30. The summed E-state index contributed by atoms with van der Waals surface area (Å²) in [6.07, 6.45) is 6.36. The molecule has 1 fully saturated rings. The molecule has 0 radical (unpaired) electrons. The zero-order valence-electron chi connectivity index (χ0n) is 16.7. The number of amides is 1. The molecule has 30 heavy (non-hydrogen) atoms. The van der Waals surface area contributed by atoms with Crippen molar-refractivity contribution >= 4 is 28.9 Å². The number of carbonyl (C=O) groups is 2. The third-order valence-electron chi connectivity index (χ3n) is 5.04. The molecule has 3 aromatic rings. The van der Waals surface area contributed by atoms with Gasteiger partial charge in [-0.2, -0.15) is 0 Å². The van der Waals surface area contributed by atoms with Crippen LogP contribution in [0.4, 0.5) is 0 Å². The van der Waals surface area contributed by atoms with E-state index in [0.717, 1.165) is 18.4 Å². The van der Waals surface area contributed by atoms with E-state index in [1.165, 1.54) is 24.1 Å². The van der Waals surface area contributed by atoms with E-state index in [1.807, 2.05) is 13.0 Å². The number of nitrogens with zero attached hydrogens (tertiary/aromatic N) is 2. The Morgan fingerprint density at radius 2 is 2.00 bits per heavy atom. The largest absolute Gasteiger partial charge is 0.466 e. The van der Waals surface area contributed by atoms with Gasteiger partial charge in [-0.25, -0.2) is 9.78 Å². The maximum Gasteiger partial charge on any atom is 0.330 e. The SMILES string of the molecule is COC(=O)/C=C/c1ccc2ncn(-c3cc(C(=O)NC4CC4)ccc3C)c(=O)c2c1. The van der Waals surface area contributed by atoms with Crippen molar-refractivity contribution in [1.82, 2.24) is 14.9 Å². The van der Waals surface area contributed by atoms with E-state index in [1.54, 1.807) is 36.4 Å². The summed E-state index contributed by atoms with van der Waals surface area (Å²) in [7, 11) is 1.30. The Kier molecular flexibility index (Phi) is 5.18. The van der Waals surface area contributed by atoms with E-state index < -0.39 is 5.97 Å². The highest BCUT2D eigenvalue weighted by molar-refractivity contribution is 5.95. The lowest BCUT2D eigenvalue weighted by Gasteiger charge is -2.12. The van der Waals surface area contributed by atoms with Gasteiger partial charge in [-0.3, -0.25) is 14.2 Å². The smallest absolute Gasteiger partial charge is 0.330 e. The van der Waals surface area contributed by atoms with Gasteiger partial charge in [0.05, 0.1) is 23.7 Å². The number of rotatable bonds is 5. The average molecular weight is 403 g/mol. The summed E-state index contributed by atoms with van der Waals surface area (Å²) in [5.74, 6) is -0.619. The van der Waals surface area contributed by atoms with Crippen molar-refractivity contribution in [1.29, 1.82) is 0 Å². The number of benzene rings is 2. The molecule has 0 atom stereocenters. The van der Waals surface area contributed by atoms with Gasteiger partial charge in [0.15, 0.2) is 0 Å². The number of nitrogens with one attached hydrogen (secondary N) is 1. The van der Waals surface area contributed by atoms with Gasteiger partial charge in [0.25, 0.3) is 11.5 Å². The molecule has 0 unspecified atom stereocenters. The van der Waals surface area contributed by atoms with E-state index >= 15 is 0 Å². The van der Waals surface area contributed by atoms with Gasteiger partial charge in [-0.15, -0.1) is 0 Å². The number of hydrogen-bond acceptors (Lipinski definition) is 5. The van der Waals surface area contributed by atoms with E-state index in [-0.39, 0.29) is 17.5 Å². The van der Waals surface area contributed by atoms with E-state index in [4.69, 9.17) is 0 Å². The first-order valence-corrected chi connectivity index (χ1v) is 9.65. The zero-order valence-corrected chi connectivity index (χ0v) is 16.7. The summed E-state index contributed by atoms with van der Waals surface area (Å²) in [6.45, 7) is 1.88. The zero-order chi connectivity index (χ0) is 21.3. The molecule has 1 aromatic heterocycles. The van der Waals surface area contributed by atoms with Crippen LogP contribution >= 0.6 is 0 Å². The average Bonchev–Trinajstić information content (AvgIpc) is 3.57. The predicted octanol–water partition coefficient (Wildman–Crippen LogP) is 2.77. The van der Waals surface area contributed by atoms with Gasteiger partial charge in [-0.05, 0) is 61.2 Å².